The van der Waals surface area contributed by atoms with Crippen LogP contribution in [0, 0.1) is 0 Å². The van der Waals surface area contributed by atoms with Crippen molar-refractivity contribution in [2.24, 2.45) is 0 Å². The predicted octanol–water partition coefficient (Wildman–Crippen LogP) is 6.40. The number of imidazole rings is 1. The third-order valence-corrected chi connectivity index (χ3v) is 6.51. The van der Waals surface area contributed by atoms with Crippen molar-refractivity contribution < 1.29 is 35.9 Å². The number of ether oxygens (including phenoxy) is 1. The fourth-order valence-electron chi connectivity index (χ4n) is 4.85. The van der Waals surface area contributed by atoms with Gasteiger partial charge in [-0.15, -0.1) is 0 Å². The molecule has 2 aromatic heterocycles. The number of aromatic amines is 1. The van der Waals surface area contributed by atoms with E-state index in [0.717, 1.165) is 37.2 Å². The standard InChI is InChI=1S/C25H22F6N4O2/c26-24(27,28)14-36-21-17(10-16(12-32-21)20-13-33-22(34-20)25(29,30)31)19-11-23(37-35-19)9-5-4-8-18(23)15-6-2-1-3-7-15/h1-3,6-7,10-13,18,35H,4-5,8-9,14H2,(H,33,34)/t18-,23-/m0/s1. The van der Waals surface area contributed by atoms with Crippen molar-refractivity contribution in [2.45, 2.75) is 49.6 Å². The van der Waals surface area contributed by atoms with Crippen LogP contribution in [-0.2, 0) is 11.0 Å². The summed E-state index contributed by atoms with van der Waals surface area (Å²) in [7, 11) is 0. The maximum absolute atomic E-state index is 13.0. The maximum Gasteiger partial charge on any atom is 0.449 e. The normalized spacial score (nSPS) is 22.1. The highest BCUT2D eigenvalue weighted by Gasteiger charge is 2.46. The number of hydroxylamine groups is 1. The molecular weight excluding hydrogens is 502 g/mol. The van der Waals surface area contributed by atoms with E-state index in [1.165, 1.54) is 6.07 Å². The average Bonchev–Trinajstić information content (AvgIpc) is 3.52. The minimum Gasteiger partial charge on any atom is -0.468 e. The number of hydrogen-bond donors (Lipinski definition) is 2. The van der Waals surface area contributed by atoms with Gasteiger partial charge in [0.05, 0.1) is 23.2 Å². The lowest BCUT2D eigenvalue weighted by molar-refractivity contribution is -0.154. The first-order valence-corrected chi connectivity index (χ1v) is 11.6. The molecular formula is C25H22F6N4O2. The number of rotatable bonds is 5. The minimum absolute atomic E-state index is 0.00231. The van der Waals surface area contributed by atoms with E-state index in [4.69, 9.17) is 9.57 Å². The molecule has 1 saturated carbocycles. The van der Waals surface area contributed by atoms with Crippen LogP contribution in [0.2, 0.25) is 0 Å². The smallest absolute Gasteiger partial charge is 0.449 e. The van der Waals surface area contributed by atoms with Crippen molar-refractivity contribution in [1.29, 1.82) is 0 Å². The molecule has 0 bridgehead atoms. The topological polar surface area (TPSA) is 72.1 Å². The Morgan fingerprint density at radius 3 is 2.51 bits per heavy atom. The van der Waals surface area contributed by atoms with E-state index >= 15 is 0 Å². The number of aromatic nitrogens is 3. The largest absolute Gasteiger partial charge is 0.468 e. The molecule has 12 heteroatoms. The zero-order chi connectivity index (χ0) is 26.3. The van der Waals surface area contributed by atoms with Gasteiger partial charge in [-0.05, 0) is 30.5 Å². The molecule has 0 unspecified atom stereocenters. The SMILES string of the molecule is FC(F)(F)COc1ncc(-c2cnc(C(F)(F)F)[nH]2)cc1C1=C[C@]2(CCCC[C@H]2c2ccccc2)ON1. The number of nitrogens with zero attached hydrogens (tertiary/aromatic N) is 2. The molecule has 1 spiro atoms. The van der Waals surface area contributed by atoms with Crippen LogP contribution in [0.1, 0.15) is 48.6 Å². The summed E-state index contributed by atoms with van der Waals surface area (Å²) in [6.07, 6.45) is -1.97. The molecule has 0 amide bonds. The van der Waals surface area contributed by atoms with Gasteiger partial charge in [-0.25, -0.2) is 9.97 Å². The second kappa shape index (κ2) is 9.40. The zero-order valence-electron chi connectivity index (χ0n) is 19.3. The molecule has 2 N–H and O–H groups in total. The summed E-state index contributed by atoms with van der Waals surface area (Å²) in [5, 5.41) is 0. The summed E-state index contributed by atoms with van der Waals surface area (Å²) < 4.78 is 82.8. The lowest BCUT2D eigenvalue weighted by Gasteiger charge is -2.38. The van der Waals surface area contributed by atoms with Crippen molar-refractivity contribution in [3.8, 4) is 17.1 Å². The molecule has 1 aliphatic heterocycles. The summed E-state index contributed by atoms with van der Waals surface area (Å²) >= 11 is 0. The molecule has 3 aromatic rings. The summed E-state index contributed by atoms with van der Waals surface area (Å²) in [4.78, 5) is 15.6. The monoisotopic (exact) mass is 524 g/mol. The molecule has 6 nitrogen and oxygen atoms in total. The summed E-state index contributed by atoms with van der Waals surface area (Å²) in [6, 6.07) is 11.2. The summed E-state index contributed by atoms with van der Waals surface area (Å²) in [5.74, 6) is -1.54. The number of alkyl halides is 6. The number of hydrogen-bond acceptors (Lipinski definition) is 5. The second-order valence-corrected chi connectivity index (χ2v) is 9.05. The molecule has 2 aliphatic rings. The Kier molecular flexibility index (Phi) is 6.38. The van der Waals surface area contributed by atoms with Gasteiger partial charge in [-0.1, -0.05) is 43.2 Å². The Balaban J connectivity index is 1.55. The van der Waals surface area contributed by atoms with Gasteiger partial charge in [0.15, 0.2) is 6.61 Å². The van der Waals surface area contributed by atoms with Gasteiger partial charge < -0.3 is 9.72 Å². The third kappa shape index (κ3) is 5.29. The van der Waals surface area contributed by atoms with Crippen molar-refractivity contribution in [3.05, 3.63) is 71.8 Å². The van der Waals surface area contributed by atoms with Crippen LogP contribution in [-0.4, -0.2) is 33.3 Å². The molecule has 0 radical (unpaired) electrons. The Bertz CT molecular complexity index is 1290. The highest BCUT2D eigenvalue weighted by atomic mass is 19.4. The van der Waals surface area contributed by atoms with E-state index in [9.17, 15) is 26.3 Å². The van der Waals surface area contributed by atoms with E-state index in [-0.39, 0.29) is 28.6 Å². The average molecular weight is 524 g/mol. The first kappa shape index (κ1) is 25.1. The van der Waals surface area contributed by atoms with Gasteiger partial charge in [0.2, 0.25) is 11.7 Å². The van der Waals surface area contributed by atoms with Gasteiger partial charge in [0.25, 0.3) is 0 Å². The Morgan fingerprint density at radius 1 is 1.03 bits per heavy atom. The Hall–Kier alpha value is -3.54. The molecule has 1 fully saturated rings. The molecule has 3 heterocycles. The fourth-order valence-corrected chi connectivity index (χ4v) is 4.85. The van der Waals surface area contributed by atoms with Crippen molar-refractivity contribution in [3.63, 3.8) is 0 Å². The number of halogens is 6. The van der Waals surface area contributed by atoms with Crippen molar-refractivity contribution >= 4 is 5.70 Å². The maximum atomic E-state index is 13.0. The predicted molar refractivity (Wildman–Crippen MR) is 121 cm³/mol. The third-order valence-electron chi connectivity index (χ3n) is 6.51. The minimum atomic E-state index is -4.69. The Morgan fingerprint density at radius 2 is 1.81 bits per heavy atom. The quantitative estimate of drug-likeness (QED) is 0.378. The van der Waals surface area contributed by atoms with Crippen LogP contribution in [0.4, 0.5) is 26.3 Å². The number of H-pyrrole nitrogens is 1. The molecule has 37 heavy (non-hydrogen) atoms. The lowest BCUT2D eigenvalue weighted by atomic mass is 9.71. The molecule has 1 aliphatic carbocycles. The summed E-state index contributed by atoms with van der Waals surface area (Å²) in [6.45, 7) is -1.58. The van der Waals surface area contributed by atoms with Crippen LogP contribution >= 0.6 is 0 Å². The molecule has 5 rings (SSSR count). The van der Waals surface area contributed by atoms with Crippen LogP contribution in [0.3, 0.4) is 0 Å². The van der Waals surface area contributed by atoms with E-state index in [0.29, 0.717) is 12.1 Å². The lowest BCUT2D eigenvalue weighted by Crippen LogP contribution is -2.39. The highest BCUT2D eigenvalue weighted by Crippen LogP contribution is 2.48. The van der Waals surface area contributed by atoms with Crippen molar-refractivity contribution in [1.82, 2.24) is 20.4 Å². The highest BCUT2D eigenvalue weighted by molar-refractivity contribution is 5.74. The summed E-state index contributed by atoms with van der Waals surface area (Å²) in [5.41, 5.74) is 3.77. The van der Waals surface area contributed by atoms with Gasteiger partial charge in [0.1, 0.15) is 5.60 Å². The second-order valence-electron chi connectivity index (χ2n) is 9.05. The van der Waals surface area contributed by atoms with E-state index in [1.807, 2.05) is 36.4 Å². The van der Waals surface area contributed by atoms with Gasteiger partial charge in [-0.3, -0.25) is 10.3 Å². The number of nitrogens with one attached hydrogen (secondary N) is 2. The number of benzene rings is 1. The first-order valence-electron chi connectivity index (χ1n) is 11.6. The van der Waals surface area contributed by atoms with Crippen LogP contribution in [0.25, 0.3) is 17.0 Å². The zero-order valence-corrected chi connectivity index (χ0v) is 19.3. The number of pyridine rings is 1. The molecule has 1 aromatic carbocycles. The fraction of sp³-hybridized carbons (Fsp3) is 0.360. The van der Waals surface area contributed by atoms with Crippen LogP contribution in [0.15, 0.2) is 54.9 Å². The molecule has 196 valence electrons. The van der Waals surface area contributed by atoms with Gasteiger partial charge >= 0.3 is 12.4 Å². The van der Waals surface area contributed by atoms with E-state index in [2.05, 4.69) is 20.4 Å². The first-order chi connectivity index (χ1) is 17.5. The van der Waals surface area contributed by atoms with Gasteiger partial charge in [-0.2, -0.15) is 26.3 Å². The van der Waals surface area contributed by atoms with Crippen molar-refractivity contribution in [2.75, 3.05) is 6.61 Å². The van der Waals surface area contributed by atoms with Crippen LogP contribution < -0.4 is 10.2 Å². The van der Waals surface area contributed by atoms with Crippen LogP contribution in [0.5, 0.6) is 5.88 Å². The molecule has 0 saturated heterocycles. The Labute approximate surface area is 207 Å². The molecule has 2 atom stereocenters. The van der Waals surface area contributed by atoms with E-state index < -0.39 is 30.4 Å². The van der Waals surface area contributed by atoms with Gasteiger partial charge in [0, 0.05) is 17.7 Å². The van der Waals surface area contributed by atoms with E-state index in [1.54, 1.807) is 0 Å².